The fourth-order valence-corrected chi connectivity index (χ4v) is 3.28. The highest BCUT2D eigenvalue weighted by molar-refractivity contribution is 5.89. The van der Waals surface area contributed by atoms with E-state index in [0.29, 0.717) is 38.7 Å². The van der Waals surface area contributed by atoms with E-state index in [2.05, 4.69) is 46.3 Å². The van der Waals surface area contributed by atoms with Crippen molar-refractivity contribution >= 4 is 23.6 Å². The van der Waals surface area contributed by atoms with E-state index in [1.807, 2.05) is 29.2 Å². The van der Waals surface area contributed by atoms with Crippen LogP contribution in [0.25, 0.3) is 0 Å². The van der Waals surface area contributed by atoms with Gasteiger partial charge in [0.15, 0.2) is 0 Å². The Bertz CT molecular complexity index is 840. The van der Waals surface area contributed by atoms with Gasteiger partial charge in [-0.05, 0) is 29.2 Å². The van der Waals surface area contributed by atoms with E-state index in [-0.39, 0.29) is 23.8 Å². The van der Waals surface area contributed by atoms with E-state index >= 15 is 0 Å². The molecule has 2 N–H and O–H groups in total. The van der Waals surface area contributed by atoms with E-state index in [4.69, 9.17) is 0 Å². The minimum Gasteiger partial charge on any atom is -0.339 e. The molecule has 0 aliphatic carbocycles. The molecule has 1 aromatic heterocycles. The summed E-state index contributed by atoms with van der Waals surface area (Å²) in [6, 6.07) is 9.28. The third kappa shape index (κ3) is 5.92. The normalized spacial score (nSPS) is 14.4. The molecule has 2 heterocycles. The lowest BCUT2D eigenvalue weighted by Crippen LogP contribution is -2.49. The maximum Gasteiger partial charge on any atom is 0.319 e. The molecule has 30 heavy (non-hydrogen) atoms. The van der Waals surface area contributed by atoms with Crippen molar-refractivity contribution in [2.75, 3.05) is 42.9 Å². The van der Waals surface area contributed by atoms with Crippen molar-refractivity contribution in [1.82, 2.24) is 20.2 Å². The first-order valence-electron chi connectivity index (χ1n) is 10.3. The zero-order chi connectivity index (χ0) is 21.6. The van der Waals surface area contributed by atoms with Gasteiger partial charge in [0, 0.05) is 57.2 Å². The molecule has 0 radical (unpaired) electrons. The third-order valence-corrected chi connectivity index (χ3v) is 5.10. The lowest BCUT2D eigenvalue weighted by molar-refractivity contribution is -0.131. The molecule has 1 aliphatic heterocycles. The number of carbonyl (C=O) groups is 2. The number of hydrogen-bond donors (Lipinski definition) is 2. The Morgan fingerprint density at radius 1 is 1.00 bits per heavy atom. The summed E-state index contributed by atoms with van der Waals surface area (Å²) in [5.41, 5.74) is 2.00. The number of nitrogens with zero attached hydrogens (tertiary/aromatic N) is 4. The van der Waals surface area contributed by atoms with Gasteiger partial charge in [0.1, 0.15) is 0 Å². The summed E-state index contributed by atoms with van der Waals surface area (Å²) in [4.78, 5) is 36.9. The highest BCUT2D eigenvalue weighted by atomic mass is 16.2. The molecule has 0 bridgehead atoms. The molecule has 1 aliphatic rings. The van der Waals surface area contributed by atoms with Gasteiger partial charge in [-0.1, -0.05) is 32.9 Å². The van der Waals surface area contributed by atoms with Crippen LogP contribution in [0.2, 0.25) is 0 Å². The van der Waals surface area contributed by atoms with Crippen molar-refractivity contribution < 1.29 is 9.59 Å². The van der Waals surface area contributed by atoms with Crippen LogP contribution in [0.5, 0.6) is 0 Å². The zero-order valence-corrected chi connectivity index (χ0v) is 17.9. The van der Waals surface area contributed by atoms with Gasteiger partial charge in [-0.25, -0.2) is 14.8 Å². The molecular formula is C22H30N6O2. The number of benzene rings is 1. The summed E-state index contributed by atoms with van der Waals surface area (Å²) in [5.74, 6) is 0.733. The first kappa shape index (κ1) is 21.5. The number of rotatable bonds is 5. The molecule has 2 aromatic rings. The molecule has 0 atom stereocenters. The standard InChI is InChI=1S/C22H30N6O2/c1-22(2,3)17-5-7-18(8-6-17)26-21(30)25-12-9-19(29)27-13-15-28(16-14-27)20-23-10-4-11-24-20/h4-8,10-11H,9,12-16H2,1-3H3,(H2,25,26,30). The van der Waals surface area contributed by atoms with E-state index in [0.717, 1.165) is 5.69 Å². The second-order valence-electron chi connectivity index (χ2n) is 8.37. The van der Waals surface area contributed by atoms with Crippen LogP contribution in [0.3, 0.4) is 0 Å². The molecule has 160 valence electrons. The Hall–Kier alpha value is -3.16. The van der Waals surface area contributed by atoms with Crippen molar-refractivity contribution in [2.24, 2.45) is 0 Å². The number of carbonyl (C=O) groups excluding carboxylic acids is 2. The lowest BCUT2D eigenvalue weighted by atomic mass is 9.87. The number of nitrogens with one attached hydrogen (secondary N) is 2. The minimum absolute atomic E-state index is 0.0402. The molecule has 0 saturated carbocycles. The summed E-state index contributed by atoms with van der Waals surface area (Å²) in [6.07, 6.45) is 3.71. The highest BCUT2D eigenvalue weighted by Crippen LogP contribution is 2.23. The number of hydrogen-bond acceptors (Lipinski definition) is 5. The summed E-state index contributed by atoms with van der Waals surface area (Å²) < 4.78 is 0. The molecule has 3 rings (SSSR count). The Kier molecular flexibility index (Phi) is 6.87. The number of piperazine rings is 1. The van der Waals surface area contributed by atoms with Crippen LogP contribution in [0.4, 0.5) is 16.4 Å². The van der Waals surface area contributed by atoms with E-state index in [1.54, 1.807) is 18.5 Å². The predicted molar refractivity (Wildman–Crippen MR) is 118 cm³/mol. The molecule has 8 nitrogen and oxygen atoms in total. The van der Waals surface area contributed by atoms with E-state index < -0.39 is 0 Å². The van der Waals surface area contributed by atoms with Crippen LogP contribution in [0.15, 0.2) is 42.7 Å². The number of amides is 3. The molecule has 8 heteroatoms. The average Bonchev–Trinajstić information content (AvgIpc) is 2.74. The monoisotopic (exact) mass is 410 g/mol. The molecule has 3 amide bonds. The number of urea groups is 1. The van der Waals surface area contributed by atoms with Crippen LogP contribution in [-0.4, -0.2) is 59.5 Å². The fourth-order valence-electron chi connectivity index (χ4n) is 3.28. The third-order valence-electron chi connectivity index (χ3n) is 5.10. The SMILES string of the molecule is CC(C)(C)c1ccc(NC(=O)NCCC(=O)N2CCN(c3ncccn3)CC2)cc1. The van der Waals surface area contributed by atoms with Crippen LogP contribution >= 0.6 is 0 Å². The summed E-state index contributed by atoms with van der Waals surface area (Å²) in [7, 11) is 0. The average molecular weight is 411 g/mol. The quantitative estimate of drug-likeness (QED) is 0.791. The first-order chi connectivity index (χ1) is 14.3. The van der Waals surface area contributed by atoms with Gasteiger partial charge in [-0.15, -0.1) is 0 Å². The van der Waals surface area contributed by atoms with Crippen LogP contribution in [-0.2, 0) is 10.2 Å². The van der Waals surface area contributed by atoms with Crippen molar-refractivity contribution in [1.29, 1.82) is 0 Å². The Balaban J connectivity index is 1.37. The van der Waals surface area contributed by atoms with Crippen molar-refractivity contribution in [2.45, 2.75) is 32.6 Å². The van der Waals surface area contributed by atoms with Gasteiger partial charge in [-0.3, -0.25) is 4.79 Å². The molecule has 1 fully saturated rings. The number of anilines is 2. The van der Waals surface area contributed by atoms with E-state index in [9.17, 15) is 9.59 Å². The Morgan fingerprint density at radius 2 is 1.63 bits per heavy atom. The second-order valence-corrected chi connectivity index (χ2v) is 8.37. The highest BCUT2D eigenvalue weighted by Gasteiger charge is 2.22. The van der Waals surface area contributed by atoms with Gasteiger partial charge in [0.05, 0.1) is 0 Å². The second kappa shape index (κ2) is 9.56. The topological polar surface area (TPSA) is 90.5 Å². The smallest absolute Gasteiger partial charge is 0.319 e. The number of aromatic nitrogens is 2. The molecular weight excluding hydrogens is 380 g/mol. The maximum absolute atomic E-state index is 12.4. The van der Waals surface area contributed by atoms with Crippen molar-refractivity contribution in [3.05, 3.63) is 48.3 Å². The van der Waals surface area contributed by atoms with Crippen LogP contribution in [0, 0.1) is 0 Å². The van der Waals surface area contributed by atoms with Crippen LogP contribution in [0.1, 0.15) is 32.8 Å². The summed E-state index contributed by atoms with van der Waals surface area (Å²) >= 11 is 0. The van der Waals surface area contributed by atoms with Gasteiger partial charge >= 0.3 is 6.03 Å². The Labute approximate surface area is 177 Å². The largest absolute Gasteiger partial charge is 0.339 e. The lowest BCUT2D eigenvalue weighted by Gasteiger charge is -2.34. The summed E-state index contributed by atoms with van der Waals surface area (Å²) in [5, 5.41) is 5.55. The van der Waals surface area contributed by atoms with Crippen molar-refractivity contribution in [3.63, 3.8) is 0 Å². The molecule has 0 unspecified atom stereocenters. The van der Waals surface area contributed by atoms with E-state index in [1.165, 1.54) is 5.56 Å². The summed E-state index contributed by atoms with van der Waals surface area (Å²) in [6.45, 7) is 9.40. The predicted octanol–water partition coefficient (Wildman–Crippen LogP) is 2.63. The van der Waals surface area contributed by atoms with Gasteiger partial charge in [-0.2, -0.15) is 0 Å². The van der Waals surface area contributed by atoms with Gasteiger partial charge in [0.25, 0.3) is 0 Å². The first-order valence-corrected chi connectivity index (χ1v) is 10.3. The maximum atomic E-state index is 12.4. The van der Waals surface area contributed by atoms with Crippen LogP contribution < -0.4 is 15.5 Å². The minimum atomic E-state index is -0.308. The zero-order valence-electron chi connectivity index (χ0n) is 17.9. The molecule has 1 aromatic carbocycles. The van der Waals surface area contributed by atoms with Gasteiger partial charge < -0.3 is 20.4 Å². The van der Waals surface area contributed by atoms with Gasteiger partial charge in [0.2, 0.25) is 11.9 Å². The molecule has 0 spiro atoms. The molecule has 1 saturated heterocycles. The van der Waals surface area contributed by atoms with Crippen molar-refractivity contribution in [3.8, 4) is 0 Å². The fraction of sp³-hybridized carbons (Fsp3) is 0.455. The Morgan fingerprint density at radius 3 is 2.23 bits per heavy atom.